The molecule has 0 aliphatic carbocycles. The first-order valence-electron chi connectivity index (χ1n) is 5.97. The molecule has 1 saturated heterocycles. The molecule has 1 heterocycles. The van der Waals surface area contributed by atoms with E-state index in [0.717, 1.165) is 32.5 Å². The molecule has 88 valence electrons. The molecule has 3 nitrogen and oxygen atoms in total. The van der Waals surface area contributed by atoms with Crippen molar-refractivity contribution in [2.75, 3.05) is 40.3 Å². The Hall–Kier alpha value is -0.410. The number of Topliss-reactive ketones (excluding diaryl/α,β-unsaturated/α-hetero) is 1. The van der Waals surface area contributed by atoms with Gasteiger partial charge in [0.1, 0.15) is 5.78 Å². The minimum atomic E-state index is 0.343. The van der Waals surface area contributed by atoms with Crippen molar-refractivity contribution < 1.29 is 4.79 Å². The molecule has 1 aliphatic rings. The molecule has 0 radical (unpaired) electrons. The number of hydrogen-bond donors (Lipinski definition) is 0. The quantitative estimate of drug-likeness (QED) is 0.685. The molecule has 1 fully saturated rings. The maximum atomic E-state index is 11.2. The lowest BCUT2D eigenvalue weighted by Crippen LogP contribution is -2.37. The summed E-state index contributed by atoms with van der Waals surface area (Å²) in [4.78, 5) is 15.9. The summed E-state index contributed by atoms with van der Waals surface area (Å²) in [6.45, 7) is 6.29. The zero-order chi connectivity index (χ0) is 11.3. The Morgan fingerprint density at radius 1 is 1.33 bits per heavy atom. The highest BCUT2D eigenvalue weighted by Crippen LogP contribution is 2.17. The highest BCUT2D eigenvalue weighted by atomic mass is 16.1. The molecule has 1 rings (SSSR count). The first-order valence-corrected chi connectivity index (χ1v) is 5.97. The molecule has 0 unspecified atom stereocenters. The molecule has 0 amide bonds. The second kappa shape index (κ2) is 6.23. The van der Waals surface area contributed by atoms with E-state index in [9.17, 15) is 4.79 Å². The van der Waals surface area contributed by atoms with E-state index in [1.54, 1.807) is 6.92 Å². The van der Waals surface area contributed by atoms with Crippen molar-refractivity contribution in [2.45, 2.75) is 26.2 Å². The summed E-state index contributed by atoms with van der Waals surface area (Å²) in [7, 11) is 4.23. The molecule has 0 bridgehead atoms. The van der Waals surface area contributed by atoms with E-state index in [4.69, 9.17) is 0 Å². The highest BCUT2D eigenvalue weighted by Gasteiger charge is 2.21. The molecule has 0 atom stereocenters. The summed E-state index contributed by atoms with van der Waals surface area (Å²) >= 11 is 0. The van der Waals surface area contributed by atoms with E-state index in [2.05, 4.69) is 23.9 Å². The molecular formula is C12H24N2O. The van der Waals surface area contributed by atoms with Crippen molar-refractivity contribution in [3.8, 4) is 0 Å². The summed E-state index contributed by atoms with van der Waals surface area (Å²) < 4.78 is 0. The van der Waals surface area contributed by atoms with E-state index >= 15 is 0 Å². The third kappa shape index (κ3) is 4.76. The van der Waals surface area contributed by atoms with Gasteiger partial charge in [0.2, 0.25) is 0 Å². The van der Waals surface area contributed by atoms with E-state index in [-0.39, 0.29) is 0 Å². The fourth-order valence-electron chi connectivity index (χ4n) is 2.17. The van der Waals surface area contributed by atoms with Crippen molar-refractivity contribution in [3.63, 3.8) is 0 Å². The van der Waals surface area contributed by atoms with Crippen LogP contribution >= 0.6 is 0 Å². The molecule has 0 N–H and O–H groups in total. The maximum absolute atomic E-state index is 11.2. The Kier molecular flexibility index (Phi) is 5.26. The second-order valence-electron chi connectivity index (χ2n) is 4.88. The molecule has 0 spiro atoms. The standard InChI is InChI=1S/C12H24N2O/c1-11(15)12-5-9-14(10-6-12)8-4-7-13(2)3/h12H,4-10H2,1-3H3. The Morgan fingerprint density at radius 3 is 2.40 bits per heavy atom. The molecule has 0 saturated carbocycles. The lowest BCUT2D eigenvalue weighted by molar-refractivity contribution is -0.122. The minimum absolute atomic E-state index is 0.343. The van der Waals surface area contributed by atoms with Gasteiger partial charge in [-0.25, -0.2) is 0 Å². The van der Waals surface area contributed by atoms with Gasteiger partial charge in [0.25, 0.3) is 0 Å². The summed E-state index contributed by atoms with van der Waals surface area (Å²) in [5, 5.41) is 0. The van der Waals surface area contributed by atoms with Crippen molar-refractivity contribution in [3.05, 3.63) is 0 Å². The fraction of sp³-hybridized carbons (Fsp3) is 0.917. The van der Waals surface area contributed by atoms with Crippen LogP contribution in [-0.4, -0.2) is 55.9 Å². The number of ketones is 1. The van der Waals surface area contributed by atoms with Crippen LogP contribution < -0.4 is 0 Å². The predicted octanol–water partition coefficient (Wildman–Crippen LogP) is 1.24. The normalized spacial score (nSPS) is 19.7. The Bertz CT molecular complexity index is 196. The lowest BCUT2D eigenvalue weighted by Gasteiger charge is -2.30. The average Bonchev–Trinajstić information content (AvgIpc) is 2.18. The summed E-state index contributed by atoms with van der Waals surface area (Å²) in [6, 6.07) is 0. The van der Waals surface area contributed by atoms with Crippen molar-refractivity contribution in [1.82, 2.24) is 9.80 Å². The zero-order valence-corrected chi connectivity index (χ0v) is 10.3. The van der Waals surface area contributed by atoms with Crippen LogP contribution in [0, 0.1) is 5.92 Å². The van der Waals surface area contributed by atoms with Crippen molar-refractivity contribution >= 4 is 5.78 Å². The molecule has 0 aromatic heterocycles. The highest BCUT2D eigenvalue weighted by molar-refractivity contribution is 5.78. The topological polar surface area (TPSA) is 23.6 Å². The molecule has 15 heavy (non-hydrogen) atoms. The van der Waals surface area contributed by atoms with Gasteiger partial charge in [-0.3, -0.25) is 4.79 Å². The van der Waals surface area contributed by atoms with Gasteiger partial charge < -0.3 is 9.80 Å². The minimum Gasteiger partial charge on any atom is -0.309 e. The van der Waals surface area contributed by atoms with Crippen molar-refractivity contribution in [2.24, 2.45) is 5.92 Å². The van der Waals surface area contributed by atoms with Crippen LogP contribution in [0.25, 0.3) is 0 Å². The fourth-order valence-corrected chi connectivity index (χ4v) is 2.17. The zero-order valence-electron chi connectivity index (χ0n) is 10.3. The van der Waals surface area contributed by atoms with Gasteiger partial charge in [0, 0.05) is 5.92 Å². The van der Waals surface area contributed by atoms with Gasteiger partial charge in [-0.1, -0.05) is 0 Å². The largest absolute Gasteiger partial charge is 0.309 e. The van der Waals surface area contributed by atoms with Crippen LogP contribution in [0.2, 0.25) is 0 Å². The van der Waals surface area contributed by atoms with Gasteiger partial charge in [0.05, 0.1) is 0 Å². The van der Waals surface area contributed by atoms with Gasteiger partial charge in [0.15, 0.2) is 0 Å². The SMILES string of the molecule is CC(=O)C1CCN(CCCN(C)C)CC1. The molecule has 1 aliphatic heterocycles. The van der Waals surface area contributed by atoms with Crippen LogP contribution in [0.3, 0.4) is 0 Å². The number of nitrogens with zero attached hydrogens (tertiary/aromatic N) is 2. The number of carbonyl (C=O) groups excluding carboxylic acids is 1. The van der Waals surface area contributed by atoms with E-state index in [1.165, 1.54) is 13.0 Å². The van der Waals surface area contributed by atoms with Crippen LogP contribution in [0.4, 0.5) is 0 Å². The maximum Gasteiger partial charge on any atom is 0.133 e. The predicted molar refractivity (Wildman–Crippen MR) is 63.0 cm³/mol. The van der Waals surface area contributed by atoms with E-state index in [1.807, 2.05) is 0 Å². The number of hydrogen-bond acceptors (Lipinski definition) is 3. The molecular weight excluding hydrogens is 188 g/mol. The number of likely N-dealkylation sites (tertiary alicyclic amines) is 1. The first-order chi connectivity index (χ1) is 7.09. The summed E-state index contributed by atoms with van der Waals surface area (Å²) in [5.41, 5.74) is 0. The van der Waals surface area contributed by atoms with Crippen LogP contribution in [-0.2, 0) is 4.79 Å². The smallest absolute Gasteiger partial charge is 0.133 e. The van der Waals surface area contributed by atoms with E-state index < -0.39 is 0 Å². The Morgan fingerprint density at radius 2 is 1.93 bits per heavy atom. The summed E-state index contributed by atoms with van der Waals surface area (Å²) in [5.74, 6) is 0.720. The van der Waals surface area contributed by atoms with Gasteiger partial charge in [-0.15, -0.1) is 0 Å². The van der Waals surface area contributed by atoms with Gasteiger partial charge in [-0.05, 0) is 66.5 Å². The van der Waals surface area contributed by atoms with Gasteiger partial charge in [-0.2, -0.15) is 0 Å². The van der Waals surface area contributed by atoms with Crippen LogP contribution in [0.5, 0.6) is 0 Å². The lowest BCUT2D eigenvalue weighted by atomic mass is 9.93. The Balaban J connectivity index is 2.12. The van der Waals surface area contributed by atoms with Gasteiger partial charge >= 0.3 is 0 Å². The number of piperidine rings is 1. The Labute approximate surface area is 93.4 Å². The number of carbonyl (C=O) groups is 1. The number of rotatable bonds is 5. The third-order valence-corrected chi connectivity index (χ3v) is 3.24. The molecule has 0 aromatic rings. The average molecular weight is 212 g/mol. The molecule has 0 aromatic carbocycles. The van der Waals surface area contributed by atoms with Crippen LogP contribution in [0.1, 0.15) is 26.2 Å². The monoisotopic (exact) mass is 212 g/mol. The molecule has 3 heteroatoms. The first kappa shape index (κ1) is 12.7. The van der Waals surface area contributed by atoms with Crippen LogP contribution in [0.15, 0.2) is 0 Å². The van der Waals surface area contributed by atoms with E-state index in [0.29, 0.717) is 11.7 Å². The summed E-state index contributed by atoms with van der Waals surface area (Å²) in [6.07, 6.45) is 3.37. The third-order valence-electron chi connectivity index (χ3n) is 3.24. The van der Waals surface area contributed by atoms with Crippen molar-refractivity contribution in [1.29, 1.82) is 0 Å². The second-order valence-corrected chi connectivity index (χ2v) is 4.88.